The summed E-state index contributed by atoms with van der Waals surface area (Å²) in [5.41, 5.74) is 1.79. The van der Waals surface area contributed by atoms with Crippen LogP contribution in [-0.2, 0) is 0 Å². The van der Waals surface area contributed by atoms with Crippen LogP contribution >= 0.6 is 0 Å². The molecule has 0 heterocycles. The van der Waals surface area contributed by atoms with Gasteiger partial charge in [0.05, 0.1) is 0 Å². The fourth-order valence-corrected chi connectivity index (χ4v) is 0. The molecule has 0 aliphatic carbocycles. The van der Waals surface area contributed by atoms with Gasteiger partial charge in [-0.25, -0.2) is 0 Å². The second-order valence-electron chi connectivity index (χ2n) is 0.408. The second-order valence-corrected chi connectivity index (χ2v) is 1.22. The first-order chi connectivity index (χ1) is 1.91. The van der Waals surface area contributed by atoms with Gasteiger partial charge in [0.25, 0.3) is 0 Å². The van der Waals surface area contributed by atoms with E-state index in [1.54, 1.807) is 5.70 Å². The van der Waals surface area contributed by atoms with E-state index in [2.05, 4.69) is 12.8 Å². The van der Waals surface area contributed by atoms with Crippen LogP contribution in [0.4, 0.5) is 0 Å². The predicted octanol–water partition coefficient (Wildman–Crippen LogP) is 0.266. The second kappa shape index (κ2) is 2.83. The zero-order valence-corrected chi connectivity index (χ0v) is 3.49. The Balaban J connectivity index is 2.73. The van der Waals surface area contributed by atoms with Crippen molar-refractivity contribution >= 4 is 15.3 Å². The van der Waals surface area contributed by atoms with Crippen molar-refractivity contribution in [2.24, 2.45) is 0 Å². The smallest absolute Gasteiger partial charge is 0.0418 e. The number of rotatable bonds is 1. The third-order valence-corrected chi connectivity index (χ3v) is 0.433. The Labute approximate surface area is 28.6 Å². The summed E-state index contributed by atoms with van der Waals surface area (Å²) in [6.45, 7) is 3.43. The van der Waals surface area contributed by atoms with Crippen LogP contribution in [0.2, 0.25) is 0 Å². The highest BCUT2D eigenvalue weighted by molar-refractivity contribution is 6.46. The summed E-state index contributed by atoms with van der Waals surface area (Å²) in [4.78, 5) is 0. The third-order valence-electron chi connectivity index (χ3n) is 0.144. The Bertz CT molecular complexity index is 24.3. The van der Waals surface area contributed by atoms with Gasteiger partial charge < -0.3 is 0 Å². The minimum Gasteiger partial charge on any atom is -0.114 e. The molecule has 1 radical (unpaired) electrons. The summed E-state index contributed by atoms with van der Waals surface area (Å²) in [6.07, 6.45) is 3.51. The highest BCUT2D eigenvalue weighted by Gasteiger charge is 1.33. The van der Waals surface area contributed by atoms with Crippen LogP contribution in [-0.4, -0.2) is 15.3 Å². The van der Waals surface area contributed by atoms with Crippen LogP contribution in [0, 0.1) is 0 Å². The van der Waals surface area contributed by atoms with Gasteiger partial charge in [-0.1, -0.05) is 5.70 Å². The maximum Gasteiger partial charge on any atom is 0.0418 e. The number of hydrogen-bond donors (Lipinski definition) is 0. The van der Waals surface area contributed by atoms with E-state index in [0.717, 1.165) is 0 Å². The van der Waals surface area contributed by atoms with Crippen LogP contribution in [0.5, 0.6) is 0 Å². The average Bonchev–Trinajstić information content (AvgIpc) is 1.37. The van der Waals surface area contributed by atoms with E-state index >= 15 is 0 Å². The Kier molecular flexibility index (Phi) is 2.70. The molecule has 0 amide bonds. The molecule has 0 atom stereocenters. The lowest BCUT2D eigenvalue weighted by molar-refractivity contribution is 2.62. The molecule has 21 valence electrons. The van der Waals surface area contributed by atoms with Gasteiger partial charge in [0, 0.05) is 9.13 Å². The lowest BCUT2D eigenvalue weighted by atomic mass is 11.3. The van der Waals surface area contributed by atoms with Crippen molar-refractivity contribution in [3.63, 3.8) is 0 Å². The lowest BCUT2D eigenvalue weighted by Crippen LogP contribution is -1.51. The van der Waals surface area contributed by atoms with Gasteiger partial charge >= 0.3 is 0 Å². The van der Waals surface area contributed by atoms with Crippen molar-refractivity contribution < 1.29 is 0 Å². The van der Waals surface area contributed by atoms with Crippen molar-refractivity contribution in [1.29, 1.82) is 0 Å². The Morgan fingerprint density at radius 1 is 1.75 bits per heavy atom. The summed E-state index contributed by atoms with van der Waals surface area (Å²) in [5, 5.41) is 0. The molecule has 0 rings (SSSR count). The lowest BCUT2D eigenvalue weighted by Gasteiger charge is -1.41. The van der Waals surface area contributed by atoms with Gasteiger partial charge in [-0.15, -0.1) is 12.8 Å². The van der Waals surface area contributed by atoms with E-state index in [-0.39, 0.29) is 0 Å². The molecule has 0 unspecified atom stereocenters. The summed E-state index contributed by atoms with van der Waals surface area (Å²) >= 11 is 0. The van der Waals surface area contributed by atoms with E-state index in [4.69, 9.17) is 0 Å². The minimum absolute atomic E-state index is 0.654. The summed E-state index contributed by atoms with van der Waals surface area (Å²) in [6, 6.07) is 0. The van der Waals surface area contributed by atoms with Gasteiger partial charge in [0.2, 0.25) is 0 Å². The largest absolute Gasteiger partial charge is 0.114 e. The maximum atomic E-state index is 3.51. The molecule has 0 saturated heterocycles. The van der Waals surface area contributed by atoms with Crippen molar-refractivity contribution in [3.05, 3.63) is 12.3 Å². The van der Waals surface area contributed by atoms with E-state index in [1.807, 2.05) is 0 Å². The van der Waals surface area contributed by atoms with E-state index in [0.29, 0.717) is 9.13 Å². The summed E-state index contributed by atoms with van der Waals surface area (Å²) in [5.74, 6) is 0. The van der Waals surface area contributed by atoms with Crippen LogP contribution in [0.15, 0.2) is 12.3 Å². The topological polar surface area (TPSA) is 0 Å². The average molecular weight is 69.2 g/mol. The fourth-order valence-electron chi connectivity index (χ4n) is 0. The summed E-state index contributed by atoms with van der Waals surface area (Å²) < 4.78 is 0. The standard InChI is InChI=1S/C3H5Si/c1-3-4-2/h3H,1-2H2. The van der Waals surface area contributed by atoms with Crippen LogP contribution < -0.4 is 0 Å². The van der Waals surface area contributed by atoms with Gasteiger partial charge in [0.15, 0.2) is 0 Å². The van der Waals surface area contributed by atoms with E-state index in [1.165, 1.54) is 0 Å². The van der Waals surface area contributed by atoms with Crippen molar-refractivity contribution in [3.8, 4) is 0 Å². The first-order valence-corrected chi connectivity index (χ1v) is 2.33. The molecule has 1 heteroatoms. The monoisotopic (exact) mass is 69.0 g/mol. The highest BCUT2D eigenvalue weighted by Crippen LogP contribution is 1.31. The molecule has 0 fully saturated rings. The molecular weight excluding hydrogens is 64.1 g/mol. The van der Waals surface area contributed by atoms with Crippen molar-refractivity contribution in [2.45, 2.75) is 0 Å². The molecule has 0 N–H and O–H groups in total. The van der Waals surface area contributed by atoms with Crippen molar-refractivity contribution in [1.82, 2.24) is 0 Å². The third kappa shape index (κ3) is 1.83. The highest BCUT2D eigenvalue weighted by atomic mass is 28.2. The fraction of sp³-hybridized carbons (Fsp3) is 0. The Morgan fingerprint density at radius 3 is 2.00 bits per heavy atom. The van der Waals surface area contributed by atoms with Crippen LogP contribution in [0.25, 0.3) is 0 Å². The van der Waals surface area contributed by atoms with Crippen LogP contribution in [0.1, 0.15) is 0 Å². The molecule has 0 aromatic heterocycles. The Hall–Kier alpha value is -0.173. The minimum atomic E-state index is 0.654. The molecule has 4 heavy (non-hydrogen) atoms. The molecule has 0 aromatic rings. The van der Waals surface area contributed by atoms with E-state index in [9.17, 15) is 0 Å². The molecule has 0 bridgehead atoms. The quantitative estimate of drug-likeness (QED) is 0.388. The molecule has 0 nitrogen and oxygen atoms in total. The molecule has 0 saturated carbocycles. The summed E-state index contributed by atoms with van der Waals surface area (Å²) in [7, 11) is 0.654. The van der Waals surface area contributed by atoms with Crippen molar-refractivity contribution in [2.75, 3.05) is 0 Å². The normalized spacial score (nSPS) is 5.00. The van der Waals surface area contributed by atoms with Gasteiger partial charge in [0.1, 0.15) is 0 Å². The number of hydrogen-bond acceptors (Lipinski definition) is 0. The molecule has 0 aromatic carbocycles. The van der Waals surface area contributed by atoms with Gasteiger partial charge in [-0.2, -0.15) is 0 Å². The molecule has 0 aliphatic rings. The van der Waals surface area contributed by atoms with Gasteiger partial charge in [-0.05, 0) is 0 Å². The first-order valence-electron chi connectivity index (χ1n) is 1.05. The maximum absolute atomic E-state index is 3.51. The van der Waals surface area contributed by atoms with Crippen LogP contribution in [0.3, 0.4) is 0 Å². The Morgan fingerprint density at radius 2 is 2.00 bits per heavy atom. The van der Waals surface area contributed by atoms with Gasteiger partial charge in [-0.3, -0.25) is 0 Å². The first kappa shape index (κ1) is 3.83. The molecule has 0 spiro atoms. The van der Waals surface area contributed by atoms with E-state index < -0.39 is 0 Å². The molecular formula is C3H5Si. The zero-order valence-electron chi connectivity index (χ0n) is 2.49. The molecule has 0 aliphatic heterocycles. The SMILES string of the molecule is C=C[Si]=C. The zero-order chi connectivity index (χ0) is 3.41. The predicted molar refractivity (Wildman–Crippen MR) is 23.1 cm³/mol.